The van der Waals surface area contributed by atoms with Crippen molar-refractivity contribution < 1.29 is 23.1 Å². The van der Waals surface area contributed by atoms with E-state index in [0.29, 0.717) is 42.2 Å². The maximum atomic E-state index is 13.0. The van der Waals surface area contributed by atoms with Crippen LogP contribution < -0.4 is 10.6 Å². The molecule has 0 radical (unpaired) electrons. The van der Waals surface area contributed by atoms with Gasteiger partial charge < -0.3 is 15.7 Å². The number of nitrogens with zero attached hydrogens (tertiary/aromatic N) is 4. The molecule has 3 aromatic heterocycles. The van der Waals surface area contributed by atoms with Gasteiger partial charge in [0.2, 0.25) is 11.9 Å². The van der Waals surface area contributed by atoms with Crippen molar-refractivity contribution in [2.45, 2.75) is 44.4 Å². The van der Waals surface area contributed by atoms with E-state index in [1.807, 2.05) is 13.0 Å². The summed E-state index contributed by atoms with van der Waals surface area (Å²) in [5.74, 6) is -0.000593. The Balaban J connectivity index is 1.28. The third-order valence-corrected chi connectivity index (χ3v) is 7.81. The fourth-order valence-electron chi connectivity index (χ4n) is 4.56. The van der Waals surface area contributed by atoms with E-state index < -0.39 is 17.5 Å². The number of hydrogen-bond donors (Lipinski definition) is 3. The smallest absolute Gasteiger partial charge is 0.383 e. The van der Waals surface area contributed by atoms with E-state index in [0.717, 1.165) is 28.3 Å². The van der Waals surface area contributed by atoms with Crippen LogP contribution in [0.1, 0.15) is 41.9 Å². The molecule has 39 heavy (non-hydrogen) atoms. The number of pyridine rings is 1. The molecule has 1 saturated carbocycles. The number of carbonyl (C=O) groups excluding carboxylic acids is 1. The van der Waals surface area contributed by atoms with E-state index in [9.17, 15) is 23.1 Å². The fourth-order valence-corrected chi connectivity index (χ4v) is 5.61. The van der Waals surface area contributed by atoms with Crippen LogP contribution >= 0.6 is 11.3 Å². The third-order valence-electron chi connectivity index (χ3n) is 6.57. The van der Waals surface area contributed by atoms with Gasteiger partial charge in [-0.15, -0.1) is 11.3 Å². The van der Waals surface area contributed by atoms with Crippen molar-refractivity contribution in [3.63, 3.8) is 0 Å². The van der Waals surface area contributed by atoms with E-state index in [1.165, 1.54) is 11.3 Å². The van der Waals surface area contributed by atoms with Crippen LogP contribution in [0, 0.1) is 12.8 Å². The van der Waals surface area contributed by atoms with Crippen molar-refractivity contribution in [1.82, 2.24) is 19.9 Å². The molecule has 8 nitrogen and oxygen atoms in total. The van der Waals surface area contributed by atoms with Gasteiger partial charge in [-0.1, -0.05) is 12.1 Å². The fraction of sp³-hybridized carbons (Fsp3) is 0.296. The standard InChI is InChI=1S/C27H25F3N6O2S/c1-16-12-18(14-19(13-16)34-25-32-11-7-21(35-25)27(28,29)30)20-15-33-24(39-20)26(38)8-5-17(6-9-26)23(37)36-22-4-2-3-10-31-22/h2-4,7,10-15,17,38H,5-6,8-9H2,1H3,(H,31,36,37)(H,32,34,35). The van der Waals surface area contributed by atoms with Crippen LogP contribution in [-0.4, -0.2) is 30.9 Å². The zero-order valence-electron chi connectivity index (χ0n) is 20.9. The normalized spacial score (nSPS) is 19.5. The molecule has 4 aromatic rings. The number of anilines is 3. The predicted octanol–water partition coefficient (Wildman–Crippen LogP) is 6.08. The van der Waals surface area contributed by atoms with E-state index in [4.69, 9.17) is 0 Å². The van der Waals surface area contributed by atoms with Crippen molar-refractivity contribution in [2.24, 2.45) is 5.92 Å². The van der Waals surface area contributed by atoms with Crippen LogP contribution in [-0.2, 0) is 16.6 Å². The van der Waals surface area contributed by atoms with Gasteiger partial charge in [-0.05, 0) is 74.1 Å². The van der Waals surface area contributed by atoms with Crippen LogP contribution in [0.3, 0.4) is 0 Å². The van der Waals surface area contributed by atoms with Crippen LogP contribution in [0.25, 0.3) is 10.4 Å². The summed E-state index contributed by atoms with van der Waals surface area (Å²) >= 11 is 1.35. The minimum Gasteiger partial charge on any atom is -0.383 e. The van der Waals surface area contributed by atoms with Crippen molar-refractivity contribution in [2.75, 3.05) is 10.6 Å². The summed E-state index contributed by atoms with van der Waals surface area (Å²) in [4.78, 5) is 29.5. The average molecular weight is 555 g/mol. The molecule has 1 fully saturated rings. The van der Waals surface area contributed by atoms with Gasteiger partial charge in [0.15, 0.2) is 0 Å². The van der Waals surface area contributed by atoms with Gasteiger partial charge in [-0.2, -0.15) is 13.2 Å². The molecule has 12 heteroatoms. The number of aromatic nitrogens is 4. The number of benzene rings is 1. The number of nitrogens with one attached hydrogen (secondary N) is 2. The van der Waals surface area contributed by atoms with E-state index in [1.54, 1.807) is 42.7 Å². The van der Waals surface area contributed by atoms with Gasteiger partial charge in [-0.3, -0.25) is 4.79 Å². The molecule has 5 rings (SSSR count). The first-order chi connectivity index (χ1) is 18.6. The molecule has 1 aromatic carbocycles. The molecular formula is C27H25F3N6O2S. The molecule has 3 N–H and O–H groups in total. The first kappa shape index (κ1) is 26.7. The third kappa shape index (κ3) is 6.23. The van der Waals surface area contributed by atoms with Crippen molar-refractivity contribution in [3.05, 3.63) is 77.3 Å². The highest BCUT2D eigenvalue weighted by molar-refractivity contribution is 7.15. The molecule has 1 amide bonds. The molecule has 1 aliphatic carbocycles. The van der Waals surface area contributed by atoms with Crippen LogP contribution in [0.4, 0.5) is 30.6 Å². The summed E-state index contributed by atoms with van der Waals surface area (Å²) in [6.45, 7) is 1.87. The molecule has 1 aliphatic rings. The van der Waals surface area contributed by atoms with Crippen LogP contribution in [0.5, 0.6) is 0 Å². The Morgan fingerprint density at radius 3 is 2.59 bits per heavy atom. The Bertz CT molecular complexity index is 1470. The number of carbonyl (C=O) groups is 1. The predicted molar refractivity (Wildman–Crippen MR) is 141 cm³/mol. The maximum absolute atomic E-state index is 13.0. The summed E-state index contributed by atoms with van der Waals surface area (Å²) in [6, 6.07) is 11.6. The second-order valence-corrected chi connectivity index (χ2v) is 10.5. The highest BCUT2D eigenvalue weighted by atomic mass is 32.1. The molecule has 0 aliphatic heterocycles. The Labute approximate surface area is 226 Å². The molecular weight excluding hydrogens is 529 g/mol. The number of aliphatic hydroxyl groups is 1. The van der Waals surface area contributed by atoms with Gasteiger partial charge in [0.1, 0.15) is 22.1 Å². The highest BCUT2D eigenvalue weighted by Gasteiger charge is 2.39. The van der Waals surface area contributed by atoms with Gasteiger partial charge >= 0.3 is 6.18 Å². The Morgan fingerprint density at radius 2 is 1.87 bits per heavy atom. The van der Waals surface area contributed by atoms with Crippen molar-refractivity contribution >= 4 is 34.7 Å². The lowest BCUT2D eigenvalue weighted by Gasteiger charge is -2.33. The maximum Gasteiger partial charge on any atom is 0.433 e. The Kier molecular flexibility index (Phi) is 7.32. The lowest BCUT2D eigenvalue weighted by Crippen LogP contribution is -2.35. The minimum absolute atomic E-state index is 0.111. The SMILES string of the molecule is Cc1cc(Nc2nccc(C(F)(F)F)n2)cc(-c2cnc(C3(O)CCC(C(=O)Nc4ccccn4)CC3)s2)c1. The van der Waals surface area contributed by atoms with Gasteiger partial charge in [0, 0.05) is 30.2 Å². The summed E-state index contributed by atoms with van der Waals surface area (Å²) in [5.41, 5.74) is 0.0199. The number of rotatable bonds is 6. The van der Waals surface area contributed by atoms with Gasteiger partial charge in [0.25, 0.3) is 0 Å². The van der Waals surface area contributed by atoms with Crippen LogP contribution in [0.2, 0.25) is 0 Å². The lowest BCUT2D eigenvalue weighted by molar-refractivity contribution is -0.141. The van der Waals surface area contributed by atoms with Crippen LogP contribution in [0.15, 0.2) is 61.1 Å². The zero-order chi connectivity index (χ0) is 27.6. The second-order valence-electron chi connectivity index (χ2n) is 9.52. The second kappa shape index (κ2) is 10.7. The van der Waals surface area contributed by atoms with E-state index in [-0.39, 0.29) is 17.8 Å². The number of aryl methyl sites for hydroxylation is 1. The Morgan fingerprint density at radius 1 is 1.08 bits per heavy atom. The number of thiazole rings is 1. The molecule has 0 saturated heterocycles. The molecule has 0 unspecified atom stereocenters. The molecule has 3 heterocycles. The molecule has 202 valence electrons. The van der Waals surface area contributed by atoms with E-state index >= 15 is 0 Å². The topological polar surface area (TPSA) is 113 Å². The van der Waals surface area contributed by atoms with Gasteiger partial charge in [-0.25, -0.2) is 19.9 Å². The molecule has 0 atom stereocenters. The quantitative estimate of drug-likeness (QED) is 0.265. The Hall–Kier alpha value is -3.90. The van der Waals surface area contributed by atoms with Gasteiger partial charge in [0.05, 0.1) is 4.88 Å². The first-order valence-electron chi connectivity index (χ1n) is 12.3. The summed E-state index contributed by atoms with van der Waals surface area (Å²) in [7, 11) is 0. The number of halogens is 3. The van der Waals surface area contributed by atoms with Crippen molar-refractivity contribution in [3.8, 4) is 10.4 Å². The average Bonchev–Trinajstić information content (AvgIpc) is 3.41. The molecule has 0 spiro atoms. The lowest BCUT2D eigenvalue weighted by atomic mass is 9.78. The summed E-state index contributed by atoms with van der Waals surface area (Å²) in [5, 5.41) is 17.6. The zero-order valence-corrected chi connectivity index (χ0v) is 21.7. The monoisotopic (exact) mass is 554 g/mol. The van der Waals surface area contributed by atoms with E-state index in [2.05, 4.69) is 30.6 Å². The van der Waals surface area contributed by atoms with Crippen molar-refractivity contribution in [1.29, 1.82) is 0 Å². The highest BCUT2D eigenvalue weighted by Crippen LogP contribution is 2.43. The largest absolute Gasteiger partial charge is 0.433 e. The summed E-state index contributed by atoms with van der Waals surface area (Å²) in [6.07, 6.45) is 1.60. The first-order valence-corrected chi connectivity index (χ1v) is 13.1. The summed E-state index contributed by atoms with van der Waals surface area (Å²) < 4.78 is 39.1. The molecule has 0 bridgehead atoms. The minimum atomic E-state index is -4.57. The number of amides is 1. The number of hydrogen-bond acceptors (Lipinski definition) is 8. The number of alkyl halides is 3.